The van der Waals surface area contributed by atoms with E-state index in [1.54, 1.807) is 0 Å². The van der Waals surface area contributed by atoms with Crippen molar-refractivity contribution in [3.63, 3.8) is 0 Å². The molecule has 0 fully saturated rings. The first-order chi connectivity index (χ1) is 13.4. The Morgan fingerprint density at radius 1 is 0.964 bits per heavy atom. The molecule has 0 aliphatic carbocycles. The van der Waals surface area contributed by atoms with Crippen LogP contribution in [0, 0.1) is 21.0 Å². The summed E-state index contributed by atoms with van der Waals surface area (Å²) in [7, 11) is 0. The number of benzene rings is 3. The van der Waals surface area contributed by atoms with Gasteiger partial charge in [0.05, 0.1) is 5.39 Å². The fourth-order valence-electron chi connectivity index (χ4n) is 3.03. The molecule has 0 saturated heterocycles. The molecule has 1 amide bonds. The van der Waals surface area contributed by atoms with E-state index in [-0.39, 0.29) is 5.91 Å². The molecule has 3 aromatic carbocycles. The lowest BCUT2D eigenvalue weighted by molar-refractivity contribution is 0.102. The van der Waals surface area contributed by atoms with E-state index in [0.29, 0.717) is 11.1 Å². The van der Waals surface area contributed by atoms with Gasteiger partial charge in [-0.3, -0.25) is 4.79 Å². The molecule has 6 heteroatoms. The van der Waals surface area contributed by atoms with Gasteiger partial charge in [-0.25, -0.2) is 0 Å². The molecule has 1 N–H and O–H groups in total. The van der Waals surface area contributed by atoms with Gasteiger partial charge in [0, 0.05) is 30.0 Å². The van der Waals surface area contributed by atoms with Gasteiger partial charge in [-0.1, -0.05) is 35.0 Å². The molecule has 4 nitrogen and oxygen atoms in total. The van der Waals surface area contributed by atoms with Crippen molar-refractivity contribution in [3.8, 4) is 11.3 Å². The monoisotopic (exact) mass is 594 g/mol. The van der Waals surface area contributed by atoms with Crippen molar-refractivity contribution < 1.29 is 9.32 Å². The molecule has 0 bridgehead atoms. The lowest BCUT2D eigenvalue weighted by Gasteiger charge is -2.09. The van der Waals surface area contributed by atoms with Gasteiger partial charge in [0.1, 0.15) is 5.69 Å². The molecule has 4 rings (SSSR count). The third-order valence-corrected chi connectivity index (χ3v) is 5.76. The zero-order valence-corrected chi connectivity index (χ0v) is 19.5. The van der Waals surface area contributed by atoms with Gasteiger partial charge < -0.3 is 9.84 Å². The Bertz CT molecular complexity index is 1180. The first-order valence-electron chi connectivity index (χ1n) is 8.65. The maximum atomic E-state index is 12.7. The molecule has 140 valence electrons. The molecule has 0 unspecified atom stereocenters. The SMILES string of the molecule is Cc1ccc(-c2noc3cc(NC(=O)c4cc(I)cc(I)c4)c(C)cc23)cc1. The molecule has 0 spiro atoms. The Morgan fingerprint density at radius 2 is 1.64 bits per heavy atom. The lowest BCUT2D eigenvalue weighted by atomic mass is 10.0. The molecule has 0 aliphatic heterocycles. The summed E-state index contributed by atoms with van der Waals surface area (Å²) in [6, 6.07) is 17.8. The largest absolute Gasteiger partial charge is 0.356 e. The molecular weight excluding hydrogens is 578 g/mol. The standard InChI is InChI=1S/C22H16I2N2O2/c1-12-3-5-14(6-4-12)21-18-7-13(2)19(11-20(18)28-26-21)25-22(27)15-8-16(23)10-17(24)9-15/h3-11H,1-2H3,(H,25,27). The molecular formula is C22H16I2N2O2. The number of fused-ring (bicyclic) bond motifs is 1. The van der Waals surface area contributed by atoms with Gasteiger partial charge in [0.2, 0.25) is 0 Å². The number of aryl methyl sites for hydroxylation is 2. The van der Waals surface area contributed by atoms with Crippen LogP contribution in [0.1, 0.15) is 21.5 Å². The highest BCUT2D eigenvalue weighted by molar-refractivity contribution is 14.1. The van der Waals surface area contributed by atoms with Crippen LogP contribution in [0.25, 0.3) is 22.2 Å². The van der Waals surface area contributed by atoms with Crippen LogP contribution in [-0.2, 0) is 0 Å². The van der Waals surface area contributed by atoms with E-state index in [4.69, 9.17) is 4.52 Å². The maximum absolute atomic E-state index is 12.7. The number of anilines is 1. The van der Waals surface area contributed by atoms with E-state index in [2.05, 4.69) is 74.7 Å². The van der Waals surface area contributed by atoms with Crippen molar-refractivity contribution >= 4 is 67.7 Å². The fourth-order valence-corrected chi connectivity index (χ4v) is 4.96. The van der Waals surface area contributed by atoms with Gasteiger partial charge in [-0.2, -0.15) is 0 Å². The van der Waals surface area contributed by atoms with Gasteiger partial charge in [-0.15, -0.1) is 0 Å². The van der Waals surface area contributed by atoms with Crippen molar-refractivity contribution in [2.24, 2.45) is 0 Å². The second-order valence-electron chi connectivity index (χ2n) is 6.67. The zero-order chi connectivity index (χ0) is 19.8. The van der Waals surface area contributed by atoms with Crippen molar-refractivity contribution in [3.05, 3.63) is 78.4 Å². The Hall–Kier alpha value is -1.94. The van der Waals surface area contributed by atoms with Crippen LogP contribution in [0.4, 0.5) is 5.69 Å². The first-order valence-corrected chi connectivity index (χ1v) is 10.8. The number of nitrogens with one attached hydrogen (secondary N) is 1. The van der Waals surface area contributed by atoms with Crippen molar-refractivity contribution in [2.75, 3.05) is 5.32 Å². The average Bonchev–Trinajstić information content (AvgIpc) is 3.04. The van der Waals surface area contributed by atoms with Gasteiger partial charge >= 0.3 is 0 Å². The number of aromatic nitrogens is 1. The second kappa shape index (κ2) is 7.82. The molecule has 28 heavy (non-hydrogen) atoms. The van der Waals surface area contributed by atoms with Crippen molar-refractivity contribution in [2.45, 2.75) is 13.8 Å². The number of carbonyl (C=O) groups excluding carboxylic acids is 1. The van der Waals surface area contributed by atoms with Crippen molar-refractivity contribution in [1.82, 2.24) is 5.16 Å². The summed E-state index contributed by atoms with van der Waals surface area (Å²) < 4.78 is 7.61. The highest BCUT2D eigenvalue weighted by atomic mass is 127. The summed E-state index contributed by atoms with van der Waals surface area (Å²) in [5.74, 6) is -0.142. The van der Waals surface area contributed by atoms with E-state index in [1.807, 2.05) is 49.4 Å². The van der Waals surface area contributed by atoms with E-state index in [9.17, 15) is 4.79 Å². The van der Waals surface area contributed by atoms with E-state index in [1.165, 1.54) is 5.56 Å². The Morgan fingerprint density at radius 3 is 2.32 bits per heavy atom. The summed E-state index contributed by atoms with van der Waals surface area (Å²) >= 11 is 4.43. The third kappa shape index (κ3) is 3.93. The third-order valence-electron chi connectivity index (χ3n) is 4.51. The number of amides is 1. The first kappa shape index (κ1) is 19.4. The molecule has 1 aromatic heterocycles. The van der Waals surface area contributed by atoms with Gasteiger partial charge in [-0.05, 0) is 88.9 Å². The number of halogens is 2. The summed E-state index contributed by atoms with van der Waals surface area (Å²) in [5.41, 5.74) is 5.97. The minimum atomic E-state index is -0.142. The van der Waals surface area contributed by atoms with Crippen LogP contribution in [-0.4, -0.2) is 11.1 Å². The maximum Gasteiger partial charge on any atom is 0.255 e. The number of rotatable bonds is 3. The van der Waals surface area contributed by atoms with E-state index in [0.717, 1.165) is 35.0 Å². The molecule has 0 saturated carbocycles. The number of hydrogen-bond acceptors (Lipinski definition) is 3. The summed E-state index contributed by atoms with van der Waals surface area (Å²) in [6.07, 6.45) is 0. The van der Waals surface area contributed by atoms with Crippen molar-refractivity contribution in [1.29, 1.82) is 0 Å². The van der Waals surface area contributed by atoms with Crippen LogP contribution in [0.15, 0.2) is 59.1 Å². The average molecular weight is 594 g/mol. The summed E-state index contributed by atoms with van der Waals surface area (Å²) in [6.45, 7) is 4.03. The summed E-state index contributed by atoms with van der Waals surface area (Å²) in [4.78, 5) is 12.7. The number of hydrogen-bond donors (Lipinski definition) is 1. The van der Waals surface area contributed by atoms with Crippen LogP contribution >= 0.6 is 45.2 Å². The zero-order valence-electron chi connectivity index (χ0n) is 15.2. The fraction of sp³-hybridized carbons (Fsp3) is 0.0909. The predicted molar refractivity (Wildman–Crippen MR) is 129 cm³/mol. The van der Waals surface area contributed by atoms with Gasteiger partial charge in [0.15, 0.2) is 5.58 Å². The predicted octanol–water partition coefficient (Wildman–Crippen LogP) is 6.57. The minimum absolute atomic E-state index is 0.142. The van der Waals surface area contributed by atoms with Crippen LogP contribution in [0.5, 0.6) is 0 Å². The number of carbonyl (C=O) groups is 1. The highest BCUT2D eigenvalue weighted by Gasteiger charge is 2.15. The van der Waals surface area contributed by atoms with E-state index < -0.39 is 0 Å². The quantitative estimate of drug-likeness (QED) is 0.273. The van der Waals surface area contributed by atoms with Gasteiger partial charge in [0.25, 0.3) is 5.91 Å². The molecule has 4 aromatic rings. The summed E-state index contributed by atoms with van der Waals surface area (Å²) in [5, 5.41) is 8.18. The molecule has 0 radical (unpaired) electrons. The van der Waals surface area contributed by atoms with E-state index >= 15 is 0 Å². The Balaban J connectivity index is 1.68. The van der Waals surface area contributed by atoms with Crippen LogP contribution in [0.3, 0.4) is 0 Å². The lowest BCUT2D eigenvalue weighted by Crippen LogP contribution is -2.13. The topological polar surface area (TPSA) is 55.1 Å². The Kier molecular flexibility index (Phi) is 5.42. The number of nitrogens with zero attached hydrogens (tertiary/aromatic N) is 1. The second-order valence-corrected chi connectivity index (χ2v) is 9.16. The molecule has 0 atom stereocenters. The van der Waals surface area contributed by atoms with Crippen LogP contribution in [0.2, 0.25) is 0 Å². The highest BCUT2D eigenvalue weighted by Crippen LogP contribution is 2.32. The minimum Gasteiger partial charge on any atom is -0.356 e. The molecule has 1 heterocycles. The van der Waals surface area contributed by atoms with Crippen LogP contribution < -0.4 is 5.32 Å². The molecule has 0 aliphatic rings. The smallest absolute Gasteiger partial charge is 0.255 e. The normalized spacial score (nSPS) is 11.0. The Labute approximate surface area is 190 Å².